The van der Waals surface area contributed by atoms with Crippen molar-refractivity contribution in [2.24, 2.45) is 0 Å². The van der Waals surface area contributed by atoms with Gasteiger partial charge in [0.15, 0.2) is 5.78 Å². The quantitative estimate of drug-likeness (QED) is 0.286. The molecule has 0 aromatic heterocycles. The summed E-state index contributed by atoms with van der Waals surface area (Å²) in [5.74, 6) is -0.162. The van der Waals surface area contributed by atoms with Crippen LogP contribution in [0.2, 0.25) is 0 Å². The van der Waals surface area contributed by atoms with Gasteiger partial charge in [-0.1, -0.05) is 53.0 Å². The number of hydrogen-bond donors (Lipinski definition) is 0. The van der Waals surface area contributed by atoms with E-state index in [1.807, 2.05) is 24.3 Å². The standard InChI is InChI=1S/C20H26BrNO3/c1-2-25-20(24)12-11-16-8-7-9-17(14-16)18(19(23)15-21)10-5-3-4-6-13-22/h7-9,14,18H,2-6,10-12,15H2,1H3. The molecule has 0 aliphatic heterocycles. The van der Waals surface area contributed by atoms with Crippen LogP contribution in [0.25, 0.3) is 0 Å². The molecule has 0 fully saturated rings. The SMILES string of the molecule is CCOC(=O)CCc1cccc(C(CCCCCC#N)C(=O)CBr)c1. The number of benzene rings is 1. The van der Waals surface area contributed by atoms with E-state index in [2.05, 4.69) is 22.0 Å². The summed E-state index contributed by atoms with van der Waals surface area (Å²) in [6, 6.07) is 10.1. The Bertz CT molecular complexity index is 595. The topological polar surface area (TPSA) is 67.2 Å². The van der Waals surface area contributed by atoms with Gasteiger partial charge in [-0.25, -0.2) is 0 Å². The predicted octanol–water partition coefficient (Wildman–Crippen LogP) is 4.70. The summed E-state index contributed by atoms with van der Waals surface area (Å²) < 4.78 is 4.96. The van der Waals surface area contributed by atoms with Crippen molar-refractivity contribution in [1.29, 1.82) is 5.26 Å². The molecule has 0 bridgehead atoms. The summed E-state index contributed by atoms with van der Waals surface area (Å²) in [4.78, 5) is 23.8. The third-order valence-electron chi connectivity index (χ3n) is 4.08. The van der Waals surface area contributed by atoms with Gasteiger partial charge in [0.05, 0.1) is 18.0 Å². The second kappa shape index (κ2) is 12.7. The van der Waals surface area contributed by atoms with E-state index < -0.39 is 0 Å². The maximum absolute atomic E-state index is 12.3. The lowest BCUT2D eigenvalue weighted by atomic mass is 9.88. The zero-order valence-electron chi connectivity index (χ0n) is 14.8. The van der Waals surface area contributed by atoms with Crippen molar-refractivity contribution in [3.63, 3.8) is 0 Å². The van der Waals surface area contributed by atoms with E-state index in [0.717, 1.165) is 36.8 Å². The molecular formula is C20H26BrNO3. The minimum Gasteiger partial charge on any atom is -0.466 e. The van der Waals surface area contributed by atoms with Gasteiger partial charge >= 0.3 is 5.97 Å². The number of ether oxygens (including phenoxy) is 1. The Morgan fingerprint density at radius 1 is 1.28 bits per heavy atom. The Morgan fingerprint density at radius 2 is 2.08 bits per heavy atom. The number of carbonyl (C=O) groups is 2. The van der Waals surface area contributed by atoms with Crippen molar-refractivity contribution in [1.82, 2.24) is 0 Å². The number of nitriles is 1. The van der Waals surface area contributed by atoms with Crippen LogP contribution in [0.1, 0.15) is 62.5 Å². The largest absolute Gasteiger partial charge is 0.466 e. The van der Waals surface area contributed by atoms with E-state index in [9.17, 15) is 9.59 Å². The molecule has 1 aromatic rings. The van der Waals surface area contributed by atoms with Crippen LogP contribution in [0.15, 0.2) is 24.3 Å². The van der Waals surface area contributed by atoms with Crippen molar-refractivity contribution in [3.8, 4) is 6.07 Å². The lowest BCUT2D eigenvalue weighted by Gasteiger charge is -2.16. The summed E-state index contributed by atoms with van der Waals surface area (Å²) in [5.41, 5.74) is 2.05. The van der Waals surface area contributed by atoms with Crippen LogP contribution in [0.5, 0.6) is 0 Å². The minimum absolute atomic E-state index is 0.135. The van der Waals surface area contributed by atoms with Gasteiger partial charge in [-0.2, -0.15) is 5.26 Å². The predicted molar refractivity (Wildman–Crippen MR) is 102 cm³/mol. The summed E-state index contributed by atoms with van der Waals surface area (Å²) in [6.45, 7) is 2.19. The first-order valence-electron chi connectivity index (χ1n) is 8.82. The lowest BCUT2D eigenvalue weighted by Crippen LogP contribution is -2.14. The summed E-state index contributed by atoms with van der Waals surface area (Å²) in [6.07, 6.45) is 5.09. The molecule has 0 saturated carbocycles. The molecule has 136 valence electrons. The fourth-order valence-electron chi connectivity index (χ4n) is 2.78. The van der Waals surface area contributed by atoms with Crippen molar-refractivity contribution in [2.75, 3.05) is 11.9 Å². The molecule has 4 nitrogen and oxygen atoms in total. The van der Waals surface area contributed by atoms with Gasteiger partial charge in [-0.05, 0) is 37.3 Å². The Hall–Kier alpha value is -1.67. The van der Waals surface area contributed by atoms with E-state index in [4.69, 9.17) is 10.00 Å². The lowest BCUT2D eigenvalue weighted by molar-refractivity contribution is -0.143. The number of aryl methyl sites for hydroxylation is 1. The van der Waals surface area contributed by atoms with Gasteiger partial charge in [-0.3, -0.25) is 9.59 Å². The summed E-state index contributed by atoms with van der Waals surface area (Å²) in [7, 11) is 0. The van der Waals surface area contributed by atoms with Gasteiger partial charge in [0.25, 0.3) is 0 Å². The zero-order chi connectivity index (χ0) is 18.5. The Morgan fingerprint density at radius 3 is 2.76 bits per heavy atom. The monoisotopic (exact) mass is 407 g/mol. The number of unbranched alkanes of at least 4 members (excludes halogenated alkanes) is 3. The Balaban J connectivity index is 2.71. The number of Topliss-reactive ketones (excluding diaryl/α,β-unsaturated/α-hetero) is 1. The average molecular weight is 408 g/mol. The van der Waals surface area contributed by atoms with E-state index in [1.54, 1.807) is 6.92 Å². The Kier molecular flexibility index (Phi) is 10.8. The molecule has 1 rings (SSSR count). The molecule has 0 radical (unpaired) electrons. The number of esters is 1. The van der Waals surface area contributed by atoms with Crippen molar-refractivity contribution >= 4 is 27.7 Å². The highest BCUT2D eigenvalue weighted by Gasteiger charge is 2.19. The maximum Gasteiger partial charge on any atom is 0.306 e. The number of carbonyl (C=O) groups excluding carboxylic acids is 2. The zero-order valence-corrected chi connectivity index (χ0v) is 16.4. The van der Waals surface area contributed by atoms with Crippen LogP contribution in [0.4, 0.5) is 0 Å². The van der Waals surface area contributed by atoms with Crippen LogP contribution in [0, 0.1) is 11.3 Å². The first-order chi connectivity index (χ1) is 12.1. The first-order valence-corrected chi connectivity index (χ1v) is 9.94. The molecular weight excluding hydrogens is 382 g/mol. The number of ketones is 1. The molecule has 0 saturated heterocycles. The van der Waals surface area contributed by atoms with Crippen molar-refractivity contribution in [3.05, 3.63) is 35.4 Å². The van der Waals surface area contributed by atoms with E-state index in [0.29, 0.717) is 31.2 Å². The smallest absolute Gasteiger partial charge is 0.306 e. The normalized spacial score (nSPS) is 11.6. The highest BCUT2D eigenvalue weighted by molar-refractivity contribution is 9.09. The highest BCUT2D eigenvalue weighted by Crippen LogP contribution is 2.26. The van der Waals surface area contributed by atoms with Crippen molar-refractivity contribution in [2.45, 2.75) is 57.8 Å². The molecule has 5 heteroatoms. The van der Waals surface area contributed by atoms with Gasteiger partial charge in [0, 0.05) is 18.8 Å². The van der Waals surface area contributed by atoms with E-state index in [-0.39, 0.29) is 17.7 Å². The average Bonchev–Trinajstić information content (AvgIpc) is 2.63. The molecule has 0 aliphatic rings. The van der Waals surface area contributed by atoms with Gasteiger partial charge in [-0.15, -0.1) is 0 Å². The molecule has 0 amide bonds. The van der Waals surface area contributed by atoms with Crippen LogP contribution in [0.3, 0.4) is 0 Å². The molecule has 1 atom stereocenters. The third kappa shape index (κ3) is 8.31. The highest BCUT2D eigenvalue weighted by atomic mass is 79.9. The van der Waals surface area contributed by atoms with Crippen LogP contribution >= 0.6 is 15.9 Å². The number of nitrogens with zero attached hydrogens (tertiary/aromatic N) is 1. The summed E-state index contributed by atoms with van der Waals surface area (Å²) in [5, 5.41) is 8.93. The number of halogens is 1. The molecule has 0 heterocycles. The molecule has 1 unspecified atom stereocenters. The molecule has 0 spiro atoms. The second-order valence-electron chi connectivity index (χ2n) is 5.96. The fraction of sp³-hybridized carbons (Fsp3) is 0.550. The number of alkyl halides is 1. The first kappa shape index (κ1) is 21.4. The molecule has 0 aliphatic carbocycles. The molecule has 0 N–H and O–H groups in total. The second-order valence-corrected chi connectivity index (χ2v) is 6.52. The van der Waals surface area contributed by atoms with Crippen molar-refractivity contribution < 1.29 is 14.3 Å². The maximum atomic E-state index is 12.3. The minimum atomic E-state index is -0.196. The van der Waals surface area contributed by atoms with Crippen LogP contribution < -0.4 is 0 Å². The third-order valence-corrected chi connectivity index (χ3v) is 4.63. The Labute approximate surface area is 158 Å². The van der Waals surface area contributed by atoms with Crippen LogP contribution in [-0.4, -0.2) is 23.7 Å². The number of hydrogen-bond acceptors (Lipinski definition) is 4. The fourth-order valence-corrected chi connectivity index (χ4v) is 3.17. The van der Waals surface area contributed by atoms with Gasteiger partial charge < -0.3 is 4.74 Å². The van der Waals surface area contributed by atoms with Gasteiger partial charge in [0.1, 0.15) is 0 Å². The van der Waals surface area contributed by atoms with Gasteiger partial charge in [0.2, 0.25) is 0 Å². The molecule has 1 aromatic carbocycles. The van der Waals surface area contributed by atoms with Crippen LogP contribution in [-0.2, 0) is 20.7 Å². The van der Waals surface area contributed by atoms with E-state index in [1.165, 1.54) is 0 Å². The van der Waals surface area contributed by atoms with E-state index >= 15 is 0 Å². The molecule has 25 heavy (non-hydrogen) atoms. The summed E-state index contributed by atoms with van der Waals surface area (Å²) >= 11 is 3.28. The number of rotatable bonds is 12.